The van der Waals surface area contributed by atoms with Gasteiger partial charge in [-0.3, -0.25) is 4.55 Å². The van der Waals surface area contributed by atoms with Crippen molar-refractivity contribution in [3.8, 4) is 0 Å². The monoisotopic (exact) mass is 253 g/mol. The maximum Gasteiger partial charge on any atom is 0.333 e. The third kappa shape index (κ3) is 23.2. The largest absolute Gasteiger partial charge is 0.461 e. The Balaban J connectivity index is 0. The average Bonchev–Trinajstić information content (AvgIpc) is 1.99. The number of ether oxygens (including phenoxy) is 1. The first kappa shape index (κ1) is 17.5. The molecule has 0 saturated carbocycles. The number of rotatable bonds is 4. The summed E-state index contributed by atoms with van der Waals surface area (Å²) >= 11 is 0. The lowest BCUT2D eigenvalue weighted by atomic mass is 10.4. The van der Waals surface area contributed by atoms with Gasteiger partial charge < -0.3 is 9.64 Å². The first-order chi connectivity index (χ1) is 7.04. The Kier molecular flexibility index (Phi) is 9.02. The van der Waals surface area contributed by atoms with Crippen molar-refractivity contribution in [2.24, 2.45) is 0 Å². The molecule has 16 heavy (non-hydrogen) atoms. The maximum absolute atomic E-state index is 10.8. The van der Waals surface area contributed by atoms with Crippen LogP contribution in [0.4, 0.5) is 0 Å². The summed E-state index contributed by atoms with van der Waals surface area (Å²) in [5, 5.41) is 0. The number of hydrogen-bond acceptors (Lipinski definition) is 5. The van der Waals surface area contributed by atoms with Crippen LogP contribution in [0.25, 0.3) is 0 Å². The van der Waals surface area contributed by atoms with Crippen molar-refractivity contribution in [1.82, 2.24) is 4.90 Å². The standard InChI is InChI=1S/C8H15NO2.CH4O3S/c1-7(2)8(10)11-6-5-9(3)4;1-5(2,3)4/h1,5-6H2,2-4H3;1H3,(H,2,3,4). The van der Waals surface area contributed by atoms with E-state index in [1.807, 2.05) is 19.0 Å². The van der Waals surface area contributed by atoms with Gasteiger partial charge in [0, 0.05) is 12.1 Å². The fourth-order valence-electron chi connectivity index (χ4n) is 0.444. The van der Waals surface area contributed by atoms with Crippen molar-refractivity contribution in [2.75, 3.05) is 33.5 Å². The highest BCUT2D eigenvalue weighted by Crippen LogP contribution is 1.91. The zero-order valence-electron chi connectivity index (χ0n) is 10.1. The predicted molar refractivity (Wildman–Crippen MR) is 61.8 cm³/mol. The second kappa shape index (κ2) is 8.26. The fraction of sp³-hybridized carbons (Fsp3) is 0.667. The molecule has 0 saturated heterocycles. The van der Waals surface area contributed by atoms with Gasteiger partial charge in [-0.05, 0) is 21.0 Å². The number of hydrogen-bond donors (Lipinski definition) is 1. The first-order valence-corrected chi connectivity index (χ1v) is 6.28. The number of esters is 1. The van der Waals surface area contributed by atoms with E-state index in [4.69, 9.17) is 9.29 Å². The first-order valence-electron chi connectivity index (χ1n) is 4.44. The van der Waals surface area contributed by atoms with Crippen molar-refractivity contribution in [3.05, 3.63) is 12.2 Å². The average molecular weight is 253 g/mol. The van der Waals surface area contributed by atoms with E-state index < -0.39 is 10.1 Å². The minimum Gasteiger partial charge on any atom is -0.461 e. The number of likely N-dealkylation sites (N-methyl/N-ethyl adjacent to an activating group) is 1. The highest BCUT2D eigenvalue weighted by molar-refractivity contribution is 7.85. The molecule has 0 spiro atoms. The lowest BCUT2D eigenvalue weighted by Crippen LogP contribution is -2.20. The van der Waals surface area contributed by atoms with Crippen molar-refractivity contribution in [2.45, 2.75) is 6.92 Å². The molecule has 0 fully saturated rings. The van der Waals surface area contributed by atoms with E-state index in [1.54, 1.807) is 6.92 Å². The van der Waals surface area contributed by atoms with E-state index in [0.717, 1.165) is 6.54 Å². The van der Waals surface area contributed by atoms with Gasteiger partial charge in [-0.25, -0.2) is 4.79 Å². The van der Waals surface area contributed by atoms with E-state index in [2.05, 4.69) is 6.58 Å². The van der Waals surface area contributed by atoms with E-state index in [1.165, 1.54) is 0 Å². The summed E-state index contributed by atoms with van der Waals surface area (Å²) < 4.78 is 30.7. The van der Waals surface area contributed by atoms with Gasteiger partial charge in [-0.1, -0.05) is 6.58 Å². The molecule has 7 heteroatoms. The van der Waals surface area contributed by atoms with Gasteiger partial charge in [-0.2, -0.15) is 8.42 Å². The molecular formula is C9H19NO5S. The molecule has 0 atom stereocenters. The van der Waals surface area contributed by atoms with Gasteiger partial charge >= 0.3 is 5.97 Å². The van der Waals surface area contributed by atoms with Gasteiger partial charge in [-0.15, -0.1) is 0 Å². The Morgan fingerprint density at radius 2 is 1.81 bits per heavy atom. The summed E-state index contributed by atoms with van der Waals surface area (Å²) in [7, 11) is 0.184. The molecule has 96 valence electrons. The van der Waals surface area contributed by atoms with Crippen LogP contribution in [0, 0.1) is 0 Å². The summed E-state index contributed by atoms with van der Waals surface area (Å²) in [5.74, 6) is -0.313. The van der Waals surface area contributed by atoms with Crippen LogP contribution in [-0.2, 0) is 19.6 Å². The van der Waals surface area contributed by atoms with E-state index >= 15 is 0 Å². The molecule has 0 aromatic rings. The van der Waals surface area contributed by atoms with E-state index in [-0.39, 0.29) is 5.97 Å². The van der Waals surface area contributed by atoms with Crippen molar-refractivity contribution in [1.29, 1.82) is 0 Å². The Morgan fingerprint density at radius 1 is 1.44 bits per heavy atom. The van der Waals surface area contributed by atoms with Crippen LogP contribution in [0.2, 0.25) is 0 Å². The summed E-state index contributed by atoms with van der Waals surface area (Å²) in [4.78, 5) is 12.7. The topological polar surface area (TPSA) is 83.9 Å². The van der Waals surface area contributed by atoms with Crippen LogP contribution in [0.5, 0.6) is 0 Å². The van der Waals surface area contributed by atoms with Crippen molar-refractivity contribution >= 4 is 16.1 Å². The van der Waals surface area contributed by atoms with Crippen LogP contribution in [0.3, 0.4) is 0 Å². The summed E-state index contributed by atoms with van der Waals surface area (Å²) in [6.45, 7) is 6.28. The van der Waals surface area contributed by atoms with Crippen LogP contribution < -0.4 is 0 Å². The molecule has 0 bridgehead atoms. The molecule has 1 N–H and O–H groups in total. The van der Waals surface area contributed by atoms with Gasteiger partial charge in [0.1, 0.15) is 6.61 Å². The Bertz CT molecular complexity index is 313. The molecule has 0 amide bonds. The Hall–Kier alpha value is -0.920. The molecule has 0 rings (SSSR count). The van der Waals surface area contributed by atoms with Gasteiger partial charge in [0.05, 0.1) is 6.26 Å². The second-order valence-corrected chi connectivity index (χ2v) is 4.92. The third-order valence-corrected chi connectivity index (χ3v) is 1.12. The molecule has 0 heterocycles. The zero-order chi connectivity index (χ0) is 13.4. The molecule has 0 radical (unpaired) electrons. The lowest BCUT2D eigenvalue weighted by Gasteiger charge is -2.09. The smallest absolute Gasteiger partial charge is 0.333 e. The zero-order valence-corrected chi connectivity index (χ0v) is 10.9. The molecular weight excluding hydrogens is 234 g/mol. The van der Waals surface area contributed by atoms with E-state index in [9.17, 15) is 13.2 Å². The number of nitrogens with zero attached hydrogens (tertiary/aromatic N) is 1. The minimum absolute atomic E-state index is 0.313. The molecule has 0 aromatic carbocycles. The van der Waals surface area contributed by atoms with Crippen LogP contribution in [-0.4, -0.2) is 57.3 Å². The molecule has 0 aliphatic carbocycles. The molecule has 0 aliphatic heterocycles. The van der Waals surface area contributed by atoms with Crippen LogP contribution in [0.1, 0.15) is 6.92 Å². The molecule has 0 aromatic heterocycles. The third-order valence-electron chi connectivity index (χ3n) is 1.12. The highest BCUT2D eigenvalue weighted by atomic mass is 32.2. The minimum atomic E-state index is -3.67. The lowest BCUT2D eigenvalue weighted by molar-refractivity contribution is -0.139. The van der Waals surface area contributed by atoms with Gasteiger partial charge in [0.25, 0.3) is 10.1 Å². The van der Waals surface area contributed by atoms with Gasteiger partial charge in [0.15, 0.2) is 0 Å². The van der Waals surface area contributed by atoms with Crippen molar-refractivity contribution in [3.63, 3.8) is 0 Å². The number of carbonyl (C=O) groups excluding carboxylic acids is 1. The molecule has 6 nitrogen and oxygen atoms in total. The molecule has 0 aliphatic rings. The second-order valence-electron chi connectivity index (χ2n) is 3.45. The quantitative estimate of drug-likeness (QED) is 0.437. The Labute approximate surface area is 96.6 Å². The number of carbonyl (C=O) groups is 1. The van der Waals surface area contributed by atoms with Crippen molar-refractivity contribution < 1.29 is 22.5 Å². The normalized spacial score (nSPS) is 10.4. The van der Waals surface area contributed by atoms with Crippen LogP contribution >= 0.6 is 0 Å². The highest BCUT2D eigenvalue weighted by Gasteiger charge is 2.01. The van der Waals surface area contributed by atoms with Crippen LogP contribution in [0.15, 0.2) is 12.2 Å². The Morgan fingerprint density at radius 3 is 2.06 bits per heavy atom. The summed E-state index contributed by atoms with van der Waals surface area (Å²) in [6, 6.07) is 0. The molecule has 0 unspecified atom stereocenters. The predicted octanol–water partition coefficient (Wildman–Crippen LogP) is 0.171. The van der Waals surface area contributed by atoms with Gasteiger partial charge in [0.2, 0.25) is 0 Å². The summed E-state index contributed by atoms with van der Waals surface area (Å²) in [5.41, 5.74) is 0.448. The SMILES string of the molecule is C=C(C)C(=O)OCCN(C)C.CS(=O)(=O)O. The maximum atomic E-state index is 10.8. The van der Waals surface area contributed by atoms with E-state index in [0.29, 0.717) is 18.4 Å². The summed E-state index contributed by atoms with van der Waals surface area (Å²) in [6.07, 6.45) is 0.715. The fourth-order valence-corrected chi connectivity index (χ4v) is 0.444.